The predicted octanol–water partition coefficient (Wildman–Crippen LogP) is 2.88. The van der Waals surface area contributed by atoms with Gasteiger partial charge in [0.15, 0.2) is 0 Å². The van der Waals surface area contributed by atoms with Crippen LogP contribution in [0.1, 0.15) is 17.2 Å². The zero-order chi connectivity index (χ0) is 15.1. The summed E-state index contributed by atoms with van der Waals surface area (Å²) in [6.45, 7) is 6.28. The smallest absolute Gasteiger partial charge is 0.135 e. The molecule has 0 amide bonds. The van der Waals surface area contributed by atoms with E-state index in [2.05, 4.69) is 51.9 Å². The number of rotatable bonds is 2. The lowest BCUT2D eigenvalue weighted by molar-refractivity contribution is 0.0821. The molecule has 0 aliphatic carbocycles. The van der Waals surface area contributed by atoms with E-state index in [9.17, 15) is 0 Å². The molecule has 1 aromatic carbocycles. The number of imidazole rings is 1. The highest BCUT2D eigenvalue weighted by Gasteiger charge is 2.16. The Morgan fingerprint density at radius 3 is 2.91 bits per heavy atom. The number of fused-ring (bicyclic) bond motifs is 1. The molecule has 2 aromatic heterocycles. The first-order valence-corrected chi connectivity index (χ1v) is 7.48. The first kappa shape index (κ1) is 13.3. The van der Waals surface area contributed by atoms with Crippen LogP contribution < -0.4 is 0 Å². The summed E-state index contributed by atoms with van der Waals surface area (Å²) in [5, 5.41) is 4.56. The molecule has 3 aromatic rings. The van der Waals surface area contributed by atoms with Crippen LogP contribution in [-0.4, -0.2) is 25.9 Å². The summed E-state index contributed by atoms with van der Waals surface area (Å²) >= 11 is 0. The standard InChI is InChI=1S/C17H18N4O/c1-12-8-13(2)21(19-12)15-5-3-4-14(9-15)16-10-18-17-11-22-7-6-20(16)17/h3-5,8-10H,6-7,11H2,1-2H3. The van der Waals surface area contributed by atoms with Gasteiger partial charge >= 0.3 is 0 Å². The number of hydrogen-bond acceptors (Lipinski definition) is 3. The fraction of sp³-hybridized carbons (Fsp3) is 0.294. The molecule has 0 saturated heterocycles. The molecule has 0 atom stereocenters. The Bertz CT molecular complexity index is 831. The number of benzene rings is 1. The molecule has 0 spiro atoms. The van der Waals surface area contributed by atoms with Gasteiger partial charge in [0, 0.05) is 17.8 Å². The Morgan fingerprint density at radius 2 is 2.09 bits per heavy atom. The van der Waals surface area contributed by atoms with Crippen molar-refractivity contribution < 1.29 is 4.74 Å². The third-order valence-corrected chi connectivity index (χ3v) is 4.02. The van der Waals surface area contributed by atoms with Gasteiger partial charge in [0.2, 0.25) is 0 Å². The van der Waals surface area contributed by atoms with E-state index in [4.69, 9.17) is 4.74 Å². The van der Waals surface area contributed by atoms with Gasteiger partial charge in [-0.05, 0) is 32.0 Å². The van der Waals surface area contributed by atoms with Crippen molar-refractivity contribution in [1.29, 1.82) is 0 Å². The summed E-state index contributed by atoms with van der Waals surface area (Å²) in [5.41, 5.74) is 5.54. The fourth-order valence-electron chi connectivity index (χ4n) is 3.02. The van der Waals surface area contributed by atoms with Crippen LogP contribution in [0.15, 0.2) is 36.5 Å². The van der Waals surface area contributed by atoms with Crippen molar-refractivity contribution in [3.05, 3.63) is 53.7 Å². The van der Waals surface area contributed by atoms with Gasteiger partial charge in [-0.15, -0.1) is 0 Å². The molecule has 0 saturated carbocycles. The molecule has 0 radical (unpaired) electrons. The van der Waals surface area contributed by atoms with E-state index in [0.717, 1.165) is 47.3 Å². The molecule has 1 aliphatic heterocycles. The van der Waals surface area contributed by atoms with Crippen LogP contribution in [0.25, 0.3) is 16.9 Å². The molecule has 5 heteroatoms. The van der Waals surface area contributed by atoms with Crippen molar-refractivity contribution in [1.82, 2.24) is 19.3 Å². The van der Waals surface area contributed by atoms with Crippen LogP contribution in [-0.2, 0) is 17.9 Å². The molecule has 0 N–H and O–H groups in total. The van der Waals surface area contributed by atoms with Gasteiger partial charge < -0.3 is 9.30 Å². The van der Waals surface area contributed by atoms with Crippen LogP contribution >= 0.6 is 0 Å². The van der Waals surface area contributed by atoms with E-state index in [0.29, 0.717) is 6.61 Å². The third-order valence-electron chi connectivity index (χ3n) is 4.02. The Kier molecular flexibility index (Phi) is 3.08. The Labute approximate surface area is 129 Å². The van der Waals surface area contributed by atoms with Crippen molar-refractivity contribution in [2.24, 2.45) is 0 Å². The zero-order valence-electron chi connectivity index (χ0n) is 12.8. The largest absolute Gasteiger partial charge is 0.372 e. The van der Waals surface area contributed by atoms with E-state index in [-0.39, 0.29) is 0 Å². The molecule has 22 heavy (non-hydrogen) atoms. The number of nitrogens with zero attached hydrogens (tertiary/aromatic N) is 4. The number of aryl methyl sites for hydroxylation is 2. The van der Waals surface area contributed by atoms with Crippen molar-refractivity contribution in [2.75, 3.05) is 6.61 Å². The maximum Gasteiger partial charge on any atom is 0.135 e. The lowest BCUT2D eigenvalue weighted by Gasteiger charge is -2.17. The molecule has 0 bridgehead atoms. The van der Waals surface area contributed by atoms with Gasteiger partial charge in [-0.2, -0.15) is 5.10 Å². The monoisotopic (exact) mass is 294 g/mol. The Balaban J connectivity index is 1.79. The average molecular weight is 294 g/mol. The highest BCUT2D eigenvalue weighted by molar-refractivity contribution is 5.63. The molecule has 3 heterocycles. The fourth-order valence-corrected chi connectivity index (χ4v) is 3.02. The minimum atomic E-state index is 0.594. The Hall–Kier alpha value is -2.40. The molecule has 1 aliphatic rings. The second kappa shape index (κ2) is 5.10. The summed E-state index contributed by atoms with van der Waals surface area (Å²) in [5.74, 6) is 0.998. The first-order chi connectivity index (χ1) is 10.7. The van der Waals surface area contributed by atoms with Crippen LogP contribution in [0.2, 0.25) is 0 Å². The van der Waals surface area contributed by atoms with Crippen LogP contribution in [0.4, 0.5) is 0 Å². The van der Waals surface area contributed by atoms with Crippen molar-refractivity contribution in [2.45, 2.75) is 27.0 Å². The van der Waals surface area contributed by atoms with Gasteiger partial charge in [0.1, 0.15) is 12.4 Å². The zero-order valence-corrected chi connectivity index (χ0v) is 12.8. The van der Waals surface area contributed by atoms with E-state index in [1.807, 2.05) is 17.8 Å². The second-order valence-corrected chi connectivity index (χ2v) is 5.65. The highest BCUT2D eigenvalue weighted by Crippen LogP contribution is 2.25. The summed E-state index contributed by atoms with van der Waals surface area (Å²) in [6, 6.07) is 10.5. The molecule has 4 rings (SSSR count). The van der Waals surface area contributed by atoms with Gasteiger partial charge in [0.25, 0.3) is 0 Å². The van der Waals surface area contributed by atoms with Crippen LogP contribution in [0, 0.1) is 13.8 Å². The SMILES string of the molecule is Cc1cc(C)n(-c2cccc(-c3cnc4n3CCOC4)c2)n1. The maximum atomic E-state index is 5.46. The highest BCUT2D eigenvalue weighted by atomic mass is 16.5. The second-order valence-electron chi connectivity index (χ2n) is 5.65. The van der Waals surface area contributed by atoms with E-state index < -0.39 is 0 Å². The average Bonchev–Trinajstić information content (AvgIpc) is 3.10. The molecule has 0 fully saturated rings. The van der Waals surface area contributed by atoms with Gasteiger partial charge in [-0.25, -0.2) is 9.67 Å². The Morgan fingerprint density at radius 1 is 1.18 bits per heavy atom. The number of aromatic nitrogens is 4. The number of hydrogen-bond donors (Lipinski definition) is 0. The van der Waals surface area contributed by atoms with Gasteiger partial charge in [0.05, 0.1) is 29.9 Å². The molecule has 112 valence electrons. The van der Waals surface area contributed by atoms with E-state index in [1.54, 1.807) is 0 Å². The van der Waals surface area contributed by atoms with Crippen molar-refractivity contribution >= 4 is 0 Å². The first-order valence-electron chi connectivity index (χ1n) is 7.48. The van der Waals surface area contributed by atoms with Gasteiger partial charge in [-0.1, -0.05) is 12.1 Å². The predicted molar refractivity (Wildman–Crippen MR) is 83.9 cm³/mol. The van der Waals surface area contributed by atoms with Crippen LogP contribution in [0.5, 0.6) is 0 Å². The lowest BCUT2D eigenvalue weighted by Crippen LogP contribution is -2.17. The molecule has 0 unspecified atom stereocenters. The minimum absolute atomic E-state index is 0.594. The quantitative estimate of drug-likeness (QED) is 0.730. The lowest BCUT2D eigenvalue weighted by atomic mass is 10.1. The molecular weight excluding hydrogens is 276 g/mol. The summed E-state index contributed by atoms with van der Waals surface area (Å²) in [4.78, 5) is 4.47. The topological polar surface area (TPSA) is 44.9 Å². The maximum absolute atomic E-state index is 5.46. The van der Waals surface area contributed by atoms with Crippen molar-refractivity contribution in [3.63, 3.8) is 0 Å². The third kappa shape index (κ3) is 2.14. The molecular formula is C17H18N4O. The normalized spacial score (nSPS) is 14.1. The van der Waals surface area contributed by atoms with Gasteiger partial charge in [-0.3, -0.25) is 0 Å². The summed E-state index contributed by atoms with van der Waals surface area (Å²) in [6.07, 6.45) is 1.93. The van der Waals surface area contributed by atoms with Crippen LogP contribution in [0.3, 0.4) is 0 Å². The minimum Gasteiger partial charge on any atom is -0.372 e. The summed E-state index contributed by atoms with van der Waals surface area (Å²) in [7, 11) is 0. The van der Waals surface area contributed by atoms with E-state index >= 15 is 0 Å². The van der Waals surface area contributed by atoms with E-state index in [1.165, 1.54) is 0 Å². The molecule has 5 nitrogen and oxygen atoms in total. The summed E-state index contributed by atoms with van der Waals surface area (Å²) < 4.78 is 9.68. The number of ether oxygens (including phenoxy) is 1. The van der Waals surface area contributed by atoms with Crippen molar-refractivity contribution in [3.8, 4) is 16.9 Å².